The number of nitrogens with zero attached hydrogens (tertiary/aromatic N) is 1. The van der Waals surface area contributed by atoms with Gasteiger partial charge in [-0.3, -0.25) is 0 Å². The molecule has 0 spiro atoms. The van der Waals surface area contributed by atoms with E-state index in [-0.39, 0.29) is 0 Å². The van der Waals surface area contributed by atoms with Gasteiger partial charge in [-0.25, -0.2) is 0 Å². The van der Waals surface area contributed by atoms with Gasteiger partial charge in [-0.15, -0.1) is 0 Å². The minimum Gasteiger partial charge on any atom is -0.368 e. The maximum absolute atomic E-state index is 3.59. The van der Waals surface area contributed by atoms with E-state index in [4.69, 9.17) is 0 Å². The molecule has 1 aliphatic heterocycles. The summed E-state index contributed by atoms with van der Waals surface area (Å²) in [5, 5.41) is 3.59. The fraction of sp³-hybridized carbons (Fsp3) is 0.684. The third-order valence-corrected chi connectivity index (χ3v) is 4.49. The fourth-order valence-corrected chi connectivity index (χ4v) is 3.40. The van der Waals surface area contributed by atoms with Crippen LogP contribution in [0.3, 0.4) is 0 Å². The van der Waals surface area contributed by atoms with Gasteiger partial charge in [0, 0.05) is 30.9 Å². The van der Waals surface area contributed by atoms with Crippen LogP contribution in [0.15, 0.2) is 18.2 Å². The molecule has 0 aromatic heterocycles. The highest BCUT2D eigenvalue weighted by Crippen LogP contribution is 2.30. The monoisotopic (exact) mass is 288 g/mol. The number of nitrogens with one attached hydrogen (secondary N) is 1. The van der Waals surface area contributed by atoms with Crippen molar-refractivity contribution in [3.63, 3.8) is 0 Å². The highest BCUT2D eigenvalue weighted by atomic mass is 15.2. The van der Waals surface area contributed by atoms with Crippen LogP contribution >= 0.6 is 0 Å². The van der Waals surface area contributed by atoms with Crippen molar-refractivity contribution in [3.8, 4) is 0 Å². The predicted octanol–water partition coefficient (Wildman–Crippen LogP) is 4.65. The molecule has 1 aliphatic rings. The van der Waals surface area contributed by atoms with E-state index >= 15 is 0 Å². The Morgan fingerprint density at radius 1 is 1.29 bits per heavy atom. The average Bonchev–Trinajstić information content (AvgIpc) is 2.46. The Hall–Kier alpha value is -1.02. The number of rotatable bonds is 6. The zero-order chi connectivity index (χ0) is 15.2. The smallest absolute Gasteiger partial charge is 0.0414 e. The number of hydrogen-bond donors (Lipinski definition) is 1. The van der Waals surface area contributed by atoms with Crippen LogP contribution in [0.2, 0.25) is 0 Å². The second-order valence-electron chi connectivity index (χ2n) is 6.80. The zero-order valence-corrected chi connectivity index (χ0v) is 14.3. The van der Waals surface area contributed by atoms with E-state index in [2.05, 4.69) is 56.1 Å². The maximum atomic E-state index is 3.59. The van der Waals surface area contributed by atoms with Crippen molar-refractivity contribution in [1.82, 2.24) is 5.32 Å². The van der Waals surface area contributed by atoms with Crippen LogP contribution in [0, 0.1) is 6.92 Å². The SMILES string of the molecule is CCCC1CCCCN1c1ccc(C)cc1CNC(C)C. The van der Waals surface area contributed by atoms with E-state index in [0.717, 1.165) is 12.6 Å². The lowest BCUT2D eigenvalue weighted by Gasteiger charge is -2.39. The summed E-state index contributed by atoms with van der Waals surface area (Å²) in [6.45, 7) is 11.1. The first-order valence-electron chi connectivity index (χ1n) is 8.71. The molecule has 2 rings (SSSR count). The predicted molar refractivity (Wildman–Crippen MR) is 93.0 cm³/mol. The van der Waals surface area contributed by atoms with Crippen molar-refractivity contribution < 1.29 is 0 Å². The summed E-state index contributed by atoms with van der Waals surface area (Å²) in [6.07, 6.45) is 6.70. The Morgan fingerprint density at radius 2 is 2.10 bits per heavy atom. The van der Waals surface area contributed by atoms with Gasteiger partial charge in [0.15, 0.2) is 0 Å². The Kier molecular flexibility index (Phi) is 6.10. The number of anilines is 1. The highest BCUT2D eigenvalue weighted by Gasteiger charge is 2.23. The molecular weight excluding hydrogens is 256 g/mol. The molecule has 21 heavy (non-hydrogen) atoms. The summed E-state index contributed by atoms with van der Waals surface area (Å²) >= 11 is 0. The van der Waals surface area contributed by atoms with Gasteiger partial charge in [-0.05, 0) is 44.2 Å². The largest absolute Gasteiger partial charge is 0.368 e. The second kappa shape index (κ2) is 7.84. The minimum absolute atomic E-state index is 0.533. The highest BCUT2D eigenvalue weighted by molar-refractivity contribution is 5.56. The van der Waals surface area contributed by atoms with Gasteiger partial charge in [0.25, 0.3) is 0 Å². The summed E-state index contributed by atoms with van der Waals surface area (Å²) in [5.41, 5.74) is 4.29. The van der Waals surface area contributed by atoms with Gasteiger partial charge >= 0.3 is 0 Å². The Labute approximate surface area is 130 Å². The van der Waals surface area contributed by atoms with E-state index in [1.807, 2.05) is 0 Å². The van der Waals surface area contributed by atoms with Crippen LogP contribution in [-0.2, 0) is 6.54 Å². The van der Waals surface area contributed by atoms with Gasteiger partial charge in [-0.1, -0.05) is 44.9 Å². The number of piperidine rings is 1. The van der Waals surface area contributed by atoms with Gasteiger partial charge in [0.1, 0.15) is 0 Å². The first-order valence-corrected chi connectivity index (χ1v) is 8.71. The van der Waals surface area contributed by atoms with E-state index < -0.39 is 0 Å². The van der Waals surface area contributed by atoms with Gasteiger partial charge in [0.05, 0.1) is 0 Å². The molecule has 2 nitrogen and oxygen atoms in total. The first kappa shape index (κ1) is 16.4. The molecule has 1 unspecified atom stereocenters. The summed E-state index contributed by atoms with van der Waals surface area (Å²) in [7, 11) is 0. The number of benzene rings is 1. The molecule has 0 radical (unpaired) electrons. The molecule has 1 heterocycles. The zero-order valence-electron chi connectivity index (χ0n) is 14.3. The molecule has 0 amide bonds. The lowest BCUT2D eigenvalue weighted by molar-refractivity contribution is 0.433. The van der Waals surface area contributed by atoms with Crippen molar-refractivity contribution in [2.75, 3.05) is 11.4 Å². The van der Waals surface area contributed by atoms with Gasteiger partial charge < -0.3 is 10.2 Å². The van der Waals surface area contributed by atoms with E-state index in [1.54, 1.807) is 0 Å². The Bertz CT molecular complexity index is 437. The van der Waals surface area contributed by atoms with Gasteiger partial charge in [0.2, 0.25) is 0 Å². The summed E-state index contributed by atoms with van der Waals surface area (Å²) in [6, 6.07) is 8.25. The second-order valence-corrected chi connectivity index (χ2v) is 6.80. The molecule has 118 valence electrons. The van der Waals surface area contributed by atoms with E-state index in [0.29, 0.717) is 6.04 Å². The Morgan fingerprint density at radius 3 is 2.81 bits per heavy atom. The standard InChI is InChI=1S/C19H32N2/c1-5-8-18-9-6-7-12-21(18)19-11-10-16(4)13-17(19)14-20-15(2)3/h10-11,13,15,18,20H,5-9,12,14H2,1-4H3. The summed E-state index contributed by atoms with van der Waals surface area (Å²) in [5.74, 6) is 0. The van der Waals surface area contributed by atoms with Crippen LogP contribution in [0.5, 0.6) is 0 Å². The van der Waals surface area contributed by atoms with Crippen molar-refractivity contribution in [3.05, 3.63) is 29.3 Å². The Balaban J connectivity index is 2.23. The molecule has 0 aliphatic carbocycles. The molecule has 1 fully saturated rings. The third-order valence-electron chi connectivity index (χ3n) is 4.49. The lowest BCUT2D eigenvalue weighted by atomic mass is 9.96. The first-order chi connectivity index (χ1) is 10.1. The number of aryl methyl sites for hydroxylation is 1. The minimum atomic E-state index is 0.533. The molecule has 0 saturated carbocycles. The lowest BCUT2D eigenvalue weighted by Crippen LogP contribution is -2.40. The molecule has 1 saturated heterocycles. The number of hydrogen-bond acceptors (Lipinski definition) is 2. The summed E-state index contributed by atoms with van der Waals surface area (Å²) in [4.78, 5) is 2.68. The molecule has 1 N–H and O–H groups in total. The third kappa shape index (κ3) is 4.47. The molecule has 0 bridgehead atoms. The average molecular weight is 288 g/mol. The van der Waals surface area contributed by atoms with Crippen LogP contribution in [0.4, 0.5) is 5.69 Å². The fourth-order valence-electron chi connectivity index (χ4n) is 3.40. The molecule has 2 heteroatoms. The maximum Gasteiger partial charge on any atom is 0.0414 e. The van der Waals surface area contributed by atoms with E-state index in [1.165, 1.54) is 55.5 Å². The van der Waals surface area contributed by atoms with Crippen LogP contribution in [-0.4, -0.2) is 18.6 Å². The van der Waals surface area contributed by atoms with Gasteiger partial charge in [-0.2, -0.15) is 0 Å². The van der Waals surface area contributed by atoms with Crippen molar-refractivity contribution in [2.24, 2.45) is 0 Å². The van der Waals surface area contributed by atoms with Crippen LogP contribution < -0.4 is 10.2 Å². The normalized spacial score (nSPS) is 19.3. The summed E-state index contributed by atoms with van der Waals surface area (Å²) < 4.78 is 0. The van der Waals surface area contributed by atoms with Crippen molar-refractivity contribution >= 4 is 5.69 Å². The molecular formula is C19H32N2. The van der Waals surface area contributed by atoms with Crippen LogP contribution in [0.1, 0.15) is 64.0 Å². The topological polar surface area (TPSA) is 15.3 Å². The van der Waals surface area contributed by atoms with Crippen molar-refractivity contribution in [1.29, 1.82) is 0 Å². The molecule has 1 atom stereocenters. The van der Waals surface area contributed by atoms with Crippen molar-refractivity contribution in [2.45, 2.75) is 78.4 Å². The molecule has 1 aromatic rings. The molecule has 1 aromatic carbocycles. The van der Waals surface area contributed by atoms with E-state index in [9.17, 15) is 0 Å². The quantitative estimate of drug-likeness (QED) is 0.819. The van der Waals surface area contributed by atoms with Crippen LogP contribution in [0.25, 0.3) is 0 Å².